The van der Waals surface area contributed by atoms with E-state index >= 15 is 0 Å². The summed E-state index contributed by atoms with van der Waals surface area (Å²) in [6.07, 6.45) is 2.60. The minimum atomic E-state index is -3.32. The van der Waals surface area contributed by atoms with Gasteiger partial charge in [-0.25, -0.2) is 0 Å². The lowest BCUT2D eigenvalue weighted by atomic mass is 10.4. The Hall–Kier alpha value is -0.130. The third kappa shape index (κ3) is 2.76. The zero-order chi connectivity index (χ0) is 8.54. The van der Waals surface area contributed by atoms with Crippen LogP contribution in [0.2, 0.25) is 0 Å². The van der Waals surface area contributed by atoms with Crippen LogP contribution in [-0.2, 0) is 19.0 Å². The summed E-state index contributed by atoms with van der Waals surface area (Å²) in [5, 5.41) is 0. The number of hydrogen-bond donors (Lipinski definition) is 0. The maximum Gasteiger partial charge on any atom is 0.265 e. The lowest BCUT2D eigenvalue weighted by molar-refractivity contribution is 0.0693. The third-order valence-corrected chi connectivity index (χ3v) is 2.20. The molecule has 0 aliphatic heterocycles. The fraction of sp³-hybridized carbons (Fsp3) is 1.00. The summed E-state index contributed by atoms with van der Waals surface area (Å²) in [6.45, 7) is 0.361. The fourth-order valence-corrected chi connectivity index (χ4v) is 1.83. The molecule has 0 unspecified atom stereocenters. The summed E-state index contributed by atoms with van der Waals surface area (Å²) >= 11 is 0. The topological polar surface area (TPSA) is 52.6 Å². The molecule has 11 heavy (non-hydrogen) atoms. The molecule has 0 bridgehead atoms. The van der Waals surface area contributed by atoms with Crippen LogP contribution in [0.5, 0.6) is 0 Å². The van der Waals surface area contributed by atoms with Gasteiger partial charge in [0.2, 0.25) is 0 Å². The minimum Gasteiger partial charge on any atom is -0.382 e. The molecule has 0 aromatic carbocycles. The van der Waals surface area contributed by atoms with E-state index in [0.717, 1.165) is 19.1 Å². The molecule has 0 radical (unpaired) electrons. The van der Waals surface area contributed by atoms with Gasteiger partial charge in [-0.15, -0.1) is 0 Å². The Balaban J connectivity index is 2.48. The van der Waals surface area contributed by atoms with Crippen molar-refractivity contribution in [2.45, 2.75) is 18.4 Å². The molecule has 0 aromatic heterocycles. The molecule has 1 saturated carbocycles. The van der Waals surface area contributed by atoms with Crippen molar-refractivity contribution in [1.82, 2.24) is 0 Å². The first kappa shape index (κ1) is 8.96. The smallest absolute Gasteiger partial charge is 0.265 e. The summed E-state index contributed by atoms with van der Waals surface area (Å²) in [5.74, 6) is 0. The monoisotopic (exact) mass is 180 g/mol. The first-order chi connectivity index (χ1) is 4.97. The molecular weight excluding hydrogens is 168 g/mol. The van der Waals surface area contributed by atoms with Crippen LogP contribution in [0.3, 0.4) is 0 Å². The number of hydrogen-bond acceptors (Lipinski definition) is 4. The molecule has 4 nitrogen and oxygen atoms in total. The van der Waals surface area contributed by atoms with Crippen LogP contribution in [0.15, 0.2) is 0 Å². The molecule has 0 saturated heterocycles. The van der Waals surface area contributed by atoms with Gasteiger partial charge in [-0.1, -0.05) is 0 Å². The molecule has 5 heteroatoms. The lowest BCUT2D eigenvalue weighted by Gasteiger charge is -2.12. The van der Waals surface area contributed by atoms with Crippen molar-refractivity contribution in [1.29, 1.82) is 0 Å². The summed E-state index contributed by atoms with van der Waals surface area (Å²) < 4.78 is 31.0. The van der Waals surface area contributed by atoms with E-state index in [0.29, 0.717) is 6.61 Å². The second-order valence-corrected chi connectivity index (χ2v) is 4.48. The van der Waals surface area contributed by atoms with Crippen molar-refractivity contribution in [3.8, 4) is 0 Å². The Labute approximate surface area is 66.6 Å². The summed E-state index contributed by atoms with van der Waals surface area (Å²) in [4.78, 5) is 0. The Kier molecular flexibility index (Phi) is 2.22. The molecule has 0 heterocycles. The van der Waals surface area contributed by atoms with Gasteiger partial charge < -0.3 is 4.74 Å². The highest BCUT2D eigenvalue weighted by Gasteiger charge is 2.47. The molecule has 0 N–H and O–H groups in total. The Bertz CT molecular complexity index is 227. The normalized spacial score (nSPS) is 21.6. The number of rotatable bonds is 4. The van der Waals surface area contributed by atoms with Gasteiger partial charge in [-0.2, -0.15) is 8.42 Å². The molecule has 0 amide bonds. The lowest BCUT2D eigenvalue weighted by Crippen LogP contribution is -2.23. The summed E-state index contributed by atoms with van der Waals surface area (Å²) in [7, 11) is -1.79. The number of ether oxygens (including phenoxy) is 1. The fourth-order valence-electron chi connectivity index (χ4n) is 0.975. The minimum absolute atomic E-state index is 0.361. The van der Waals surface area contributed by atoms with Crippen molar-refractivity contribution in [3.63, 3.8) is 0 Å². The van der Waals surface area contributed by atoms with Gasteiger partial charge in [0.15, 0.2) is 0 Å². The van der Waals surface area contributed by atoms with E-state index in [1.807, 2.05) is 0 Å². The average Bonchev–Trinajstić information content (AvgIpc) is 2.44. The molecule has 66 valence electrons. The highest BCUT2D eigenvalue weighted by atomic mass is 32.2. The van der Waals surface area contributed by atoms with Crippen molar-refractivity contribution < 1.29 is 17.3 Å². The van der Waals surface area contributed by atoms with Gasteiger partial charge in [-0.05, 0) is 12.8 Å². The molecule has 0 atom stereocenters. The Morgan fingerprint density at radius 2 is 2.00 bits per heavy atom. The van der Waals surface area contributed by atoms with Crippen LogP contribution in [0.4, 0.5) is 0 Å². The van der Waals surface area contributed by atoms with Crippen LogP contribution in [-0.4, -0.2) is 34.0 Å². The first-order valence-corrected chi connectivity index (χ1v) is 5.19. The van der Waals surface area contributed by atoms with Gasteiger partial charge in [0.25, 0.3) is 10.1 Å². The molecule has 1 rings (SSSR count). The Morgan fingerprint density at radius 3 is 2.27 bits per heavy atom. The van der Waals surface area contributed by atoms with E-state index in [9.17, 15) is 8.42 Å². The van der Waals surface area contributed by atoms with E-state index in [1.54, 1.807) is 0 Å². The van der Waals surface area contributed by atoms with Gasteiger partial charge in [0.05, 0.1) is 12.9 Å². The maximum absolute atomic E-state index is 10.7. The van der Waals surface area contributed by atoms with Crippen molar-refractivity contribution >= 4 is 10.1 Å². The van der Waals surface area contributed by atoms with E-state index in [4.69, 9.17) is 8.92 Å². The van der Waals surface area contributed by atoms with Gasteiger partial charge >= 0.3 is 0 Å². The molecule has 1 aliphatic rings. The standard InChI is InChI=1S/C6H12O4S/c1-9-5-6(3-4-6)10-11(2,7)8/h3-5H2,1-2H3. The van der Waals surface area contributed by atoms with Crippen molar-refractivity contribution in [2.75, 3.05) is 20.0 Å². The second kappa shape index (κ2) is 2.73. The maximum atomic E-state index is 10.7. The predicted octanol–water partition coefficient (Wildman–Crippen LogP) is 0.142. The molecule has 0 spiro atoms. The predicted molar refractivity (Wildman–Crippen MR) is 39.8 cm³/mol. The van der Waals surface area contributed by atoms with Crippen LogP contribution < -0.4 is 0 Å². The van der Waals surface area contributed by atoms with E-state index in [-0.39, 0.29) is 0 Å². The van der Waals surface area contributed by atoms with Crippen LogP contribution >= 0.6 is 0 Å². The third-order valence-electron chi connectivity index (χ3n) is 1.54. The van der Waals surface area contributed by atoms with E-state index in [1.165, 1.54) is 7.11 Å². The zero-order valence-corrected chi connectivity index (χ0v) is 7.48. The van der Waals surface area contributed by atoms with Crippen LogP contribution in [0, 0.1) is 0 Å². The van der Waals surface area contributed by atoms with Gasteiger partial charge in [0.1, 0.15) is 5.60 Å². The SMILES string of the molecule is COCC1(OS(C)(=O)=O)CC1. The van der Waals surface area contributed by atoms with Crippen LogP contribution in [0.1, 0.15) is 12.8 Å². The van der Waals surface area contributed by atoms with E-state index in [2.05, 4.69) is 0 Å². The highest BCUT2D eigenvalue weighted by molar-refractivity contribution is 7.86. The average molecular weight is 180 g/mol. The molecule has 0 aromatic rings. The molecular formula is C6H12O4S. The molecule has 1 fully saturated rings. The Morgan fingerprint density at radius 1 is 1.45 bits per heavy atom. The largest absolute Gasteiger partial charge is 0.382 e. The summed E-state index contributed by atoms with van der Waals surface area (Å²) in [5.41, 5.74) is -0.525. The highest BCUT2D eigenvalue weighted by Crippen LogP contribution is 2.40. The molecule has 1 aliphatic carbocycles. The van der Waals surface area contributed by atoms with Crippen LogP contribution in [0.25, 0.3) is 0 Å². The van der Waals surface area contributed by atoms with Gasteiger partial charge in [0, 0.05) is 7.11 Å². The van der Waals surface area contributed by atoms with E-state index < -0.39 is 15.7 Å². The second-order valence-electron chi connectivity index (χ2n) is 2.90. The first-order valence-electron chi connectivity index (χ1n) is 3.37. The number of methoxy groups -OCH3 is 1. The quantitative estimate of drug-likeness (QED) is 0.577. The zero-order valence-electron chi connectivity index (χ0n) is 6.66. The van der Waals surface area contributed by atoms with Crippen molar-refractivity contribution in [2.24, 2.45) is 0 Å². The van der Waals surface area contributed by atoms with Crippen molar-refractivity contribution in [3.05, 3.63) is 0 Å². The summed E-state index contributed by atoms with van der Waals surface area (Å²) in [6, 6.07) is 0. The van der Waals surface area contributed by atoms with Gasteiger partial charge in [-0.3, -0.25) is 4.18 Å².